The Morgan fingerprint density at radius 3 is 2.45 bits per heavy atom. The number of ether oxygens (including phenoxy) is 1. The maximum atomic E-state index is 12.2. The Morgan fingerprint density at radius 1 is 1.00 bits per heavy atom. The van der Waals surface area contributed by atoms with Crippen molar-refractivity contribution in [2.75, 3.05) is 42.6 Å². The molecule has 1 aliphatic heterocycles. The molecule has 8 heteroatoms. The number of aromatic nitrogens is 4. The minimum atomic E-state index is -0.395. The average molecular weight is 390 g/mol. The second kappa shape index (κ2) is 8.64. The summed E-state index contributed by atoms with van der Waals surface area (Å²) in [4.78, 5) is 24.7. The molecule has 4 rings (SSSR count). The Kier molecular flexibility index (Phi) is 5.60. The molecule has 2 aromatic heterocycles. The number of benzene rings is 1. The third-order valence-corrected chi connectivity index (χ3v) is 4.81. The van der Waals surface area contributed by atoms with Gasteiger partial charge in [0.15, 0.2) is 5.82 Å². The first-order valence-corrected chi connectivity index (χ1v) is 9.62. The van der Waals surface area contributed by atoms with Crippen molar-refractivity contribution in [1.29, 1.82) is 0 Å². The molecule has 0 spiro atoms. The van der Waals surface area contributed by atoms with Crippen LogP contribution in [-0.4, -0.2) is 58.9 Å². The van der Waals surface area contributed by atoms with Gasteiger partial charge in [-0.05, 0) is 19.1 Å². The summed E-state index contributed by atoms with van der Waals surface area (Å²) in [6, 6.07) is 14.0. The zero-order valence-electron chi connectivity index (χ0n) is 16.2. The molecule has 0 N–H and O–H groups in total. The first kappa shape index (κ1) is 18.8. The largest absolute Gasteiger partial charge is 0.462 e. The molecule has 1 fully saturated rings. The number of piperazine rings is 1. The van der Waals surface area contributed by atoms with E-state index in [2.05, 4.69) is 30.0 Å². The predicted molar refractivity (Wildman–Crippen MR) is 110 cm³/mol. The summed E-state index contributed by atoms with van der Waals surface area (Å²) in [5.74, 6) is 1.06. The molecule has 0 aliphatic carbocycles. The van der Waals surface area contributed by atoms with E-state index in [9.17, 15) is 4.79 Å². The fourth-order valence-electron chi connectivity index (χ4n) is 3.33. The van der Waals surface area contributed by atoms with Gasteiger partial charge in [0.05, 0.1) is 12.3 Å². The quantitative estimate of drug-likeness (QED) is 0.614. The third-order valence-electron chi connectivity index (χ3n) is 4.81. The number of carbonyl (C=O) groups is 1. The summed E-state index contributed by atoms with van der Waals surface area (Å²) in [6.07, 6.45) is 2.97. The summed E-state index contributed by atoms with van der Waals surface area (Å²) < 4.78 is 5.12. The molecule has 0 atom stereocenters. The van der Waals surface area contributed by atoms with E-state index in [0.29, 0.717) is 31.1 Å². The van der Waals surface area contributed by atoms with Crippen LogP contribution in [0.3, 0.4) is 0 Å². The van der Waals surface area contributed by atoms with Crippen LogP contribution in [0.5, 0.6) is 0 Å². The molecule has 1 saturated heterocycles. The first-order valence-electron chi connectivity index (χ1n) is 9.62. The van der Waals surface area contributed by atoms with Crippen LogP contribution in [0.15, 0.2) is 55.0 Å². The van der Waals surface area contributed by atoms with Crippen molar-refractivity contribution in [2.45, 2.75) is 6.92 Å². The van der Waals surface area contributed by atoms with Gasteiger partial charge in [-0.15, -0.1) is 10.2 Å². The predicted octanol–water partition coefficient (Wildman–Crippen LogP) is 2.44. The molecule has 1 aromatic carbocycles. The smallest absolute Gasteiger partial charge is 0.343 e. The summed E-state index contributed by atoms with van der Waals surface area (Å²) >= 11 is 0. The molecule has 29 heavy (non-hydrogen) atoms. The van der Waals surface area contributed by atoms with Gasteiger partial charge in [-0.2, -0.15) is 0 Å². The first-order chi connectivity index (χ1) is 14.3. The van der Waals surface area contributed by atoms with Crippen LogP contribution in [-0.2, 0) is 4.74 Å². The normalized spacial score (nSPS) is 14.0. The minimum Gasteiger partial charge on any atom is -0.462 e. The van der Waals surface area contributed by atoms with Crippen molar-refractivity contribution in [3.63, 3.8) is 0 Å². The molecule has 8 nitrogen and oxygen atoms in total. The van der Waals surface area contributed by atoms with Gasteiger partial charge in [-0.3, -0.25) is 0 Å². The third kappa shape index (κ3) is 4.16. The molecule has 1 aliphatic rings. The summed E-state index contributed by atoms with van der Waals surface area (Å²) in [5.41, 5.74) is 2.30. The Hall–Kier alpha value is -3.55. The summed E-state index contributed by atoms with van der Waals surface area (Å²) in [5, 5.41) is 8.78. The van der Waals surface area contributed by atoms with E-state index < -0.39 is 5.97 Å². The highest BCUT2D eigenvalue weighted by Gasteiger charge is 2.24. The minimum absolute atomic E-state index is 0.318. The summed E-state index contributed by atoms with van der Waals surface area (Å²) in [6.45, 7) is 5.04. The van der Waals surface area contributed by atoms with E-state index in [1.165, 1.54) is 12.5 Å². The lowest BCUT2D eigenvalue weighted by molar-refractivity contribution is 0.0526. The van der Waals surface area contributed by atoms with Gasteiger partial charge < -0.3 is 14.5 Å². The van der Waals surface area contributed by atoms with Gasteiger partial charge >= 0.3 is 5.97 Å². The number of esters is 1. The van der Waals surface area contributed by atoms with Gasteiger partial charge in [-0.1, -0.05) is 30.3 Å². The zero-order valence-corrected chi connectivity index (χ0v) is 16.2. The molecule has 148 valence electrons. The maximum Gasteiger partial charge on any atom is 0.343 e. The Morgan fingerprint density at radius 2 is 1.76 bits per heavy atom. The van der Waals surface area contributed by atoms with Gasteiger partial charge in [-0.25, -0.2) is 14.8 Å². The number of nitrogens with zero attached hydrogens (tertiary/aromatic N) is 6. The number of anilines is 2. The van der Waals surface area contributed by atoms with Crippen LogP contribution in [0.2, 0.25) is 0 Å². The molecule has 0 amide bonds. The topological polar surface area (TPSA) is 84.3 Å². The van der Waals surface area contributed by atoms with Gasteiger partial charge in [0, 0.05) is 37.9 Å². The van der Waals surface area contributed by atoms with Crippen LogP contribution >= 0.6 is 0 Å². The van der Waals surface area contributed by atoms with Crippen molar-refractivity contribution < 1.29 is 9.53 Å². The Balaban J connectivity index is 1.43. The number of hydrogen-bond donors (Lipinski definition) is 0. The lowest BCUT2D eigenvalue weighted by Crippen LogP contribution is -2.47. The van der Waals surface area contributed by atoms with E-state index in [1.54, 1.807) is 6.92 Å². The summed E-state index contributed by atoms with van der Waals surface area (Å²) in [7, 11) is 0. The fourth-order valence-corrected chi connectivity index (χ4v) is 3.33. The van der Waals surface area contributed by atoms with Crippen LogP contribution in [0, 0.1) is 0 Å². The molecule has 0 radical (unpaired) electrons. The highest BCUT2D eigenvalue weighted by molar-refractivity contribution is 5.94. The Labute approximate surface area is 169 Å². The van der Waals surface area contributed by atoms with Crippen LogP contribution in [0.25, 0.3) is 11.3 Å². The van der Waals surface area contributed by atoms with E-state index in [1.807, 2.05) is 42.5 Å². The van der Waals surface area contributed by atoms with Gasteiger partial charge in [0.25, 0.3) is 0 Å². The van der Waals surface area contributed by atoms with Crippen molar-refractivity contribution in [1.82, 2.24) is 20.2 Å². The van der Waals surface area contributed by atoms with E-state index >= 15 is 0 Å². The monoisotopic (exact) mass is 390 g/mol. The van der Waals surface area contributed by atoms with Gasteiger partial charge in [0.2, 0.25) is 0 Å². The zero-order chi connectivity index (χ0) is 20.1. The molecular formula is C21H22N6O2. The molecule has 3 aromatic rings. The Bertz CT molecular complexity index is 956. The lowest BCUT2D eigenvalue weighted by Gasteiger charge is -2.36. The van der Waals surface area contributed by atoms with Crippen molar-refractivity contribution in [3.05, 3.63) is 60.6 Å². The fraction of sp³-hybridized carbons (Fsp3) is 0.286. The lowest BCUT2D eigenvalue weighted by atomic mass is 10.1. The second-order valence-electron chi connectivity index (χ2n) is 6.60. The molecule has 0 saturated carbocycles. The van der Waals surface area contributed by atoms with E-state index in [4.69, 9.17) is 4.74 Å². The average Bonchev–Trinajstić information content (AvgIpc) is 2.80. The standard InChI is InChI=1S/C21H22N6O2/c1-2-29-21(28)17-14-22-15-23-20(17)27-12-10-26(11-13-27)19-9-8-18(24-25-19)16-6-4-3-5-7-16/h3-9,14-15H,2,10-13H2,1H3. The van der Waals surface area contributed by atoms with E-state index in [0.717, 1.165) is 30.2 Å². The van der Waals surface area contributed by atoms with Crippen molar-refractivity contribution in [2.24, 2.45) is 0 Å². The highest BCUT2D eigenvalue weighted by Crippen LogP contribution is 2.22. The van der Waals surface area contributed by atoms with Crippen molar-refractivity contribution >= 4 is 17.6 Å². The maximum absolute atomic E-state index is 12.2. The van der Waals surface area contributed by atoms with Crippen molar-refractivity contribution in [3.8, 4) is 11.3 Å². The van der Waals surface area contributed by atoms with Gasteiger partial charge in [0.1, 0.15) is 17.7 Å². The molecular weight excluding hydrogens is 368 g/mol. The molecule has 0 unspecified atom stereocenters. The van der Waals surface area contributed by atoms with Crippen LogP contribution < -0.4 is 9.80 Å². The number of hydrogen-bond acceptors (Lipinski definition) is 8. The highest BCUT2D eigenvalue weighted by atomic mass is 16.5. The number of rotatable bonds is 5. The molecule has 0 bridgehead atoms. The molecule has 3 heterocycles. The second-order valence-corrected chi connectivity index (χ2v) is 6.60. The van der Waals surface area contributed by atoms with E-state index in [-0.39, 0.29) is 0 Å². The van der Waals surface area contributed by atoms with Crippen LogP contribution in [0.4, 0.5) is 11.6 Å². The number of carbonyl (C=O) groups excluding carboxylic acids is 1. The van der Waals surface area contributed by atoms with Crippen LogP contribution in [0.1, 0.15) is 17.3 Å². The SMILES string of the molecule is CCOC(=O)c1cncnc1N1CCN(c2ccc(-c3ccccc3)nn2)CC1.